The maximum atomic E-state index is 4.97. The van der Waals surface area contributed by atoms with Crippen molar-refractivity contribution in [2.24, 2.45) is 0 Å². The van der Waals surface area contributed by atoms with Gasteiger partial charge in [0.05, 0.1) is 24.5 Å². The van der Waals surface area contributed by atoms with Crippen molar-refractivity contribution in [3.05, 3.63) is 66.5 Å². The molecule has 0 atom stereocenters. The quantitative estimate of drug-likeness (QED) is 0.652. The molecule has 0 unspecified atom stereocenters. The summed E-state index contributed by atoms with van der Waals surface area (Å²) in [6.45, 7) is 3.52. The number of nitrogens with one attached hydrogen (secondary N) is 2. The molecule has 3 aromatic rings. The van der Waals surface area contributed by atoms with Gasteiger partial charge >= 0.3 is 0 Å². The molecule has 2 N–H and O–H groups in total. The van der Waals surface area contributed by atoms with Gasteiger partial charge in [-0.2, -0.15) is 0 Å². The summed E-state index contributed by atoms with van der Waals surface area (Å²) in [5.41, 5.74) is 4.57. The lowest BCUT2D eigenvalue weighted by Crippen LogP contribution is -3.11. The zero-order valence-electron chi connectivity index (χ0n) is 14.3. The van der Waals surface area contributed by atoms with E-state index in [0.29, 0.717) is 0 Å². The topological polar surface area (TPSA) is 33.1 Å². The minimum atomic E-state index is 0. The molecule has 3 nitrogen and oxygen atoms in total. The highest BCUT2D eigenvalue weighted by atomic mass is 79.9. The summed E-state index contributed by atoms with van der Waals surface area (Å²) in [5, 5.41) is 0. The average Bonchev–Trinajstić information content (AvgIpc) is 3.08. The van der Waals surface area contributed by atoms with E-state index >= 15 is 0 Å². The number of hydrogen-bond donors (Lipinski definition) is 2. The lowest BCUT2D eigenvalue weighted by Gasteiger charge is -2.22. The lowest BCUT2D eigenvalue weighted by atomic mass is 10.1. The van der Waals surface area contributed by atoms with E-state index in [0.717, 1.165) is 23.8 Å². The van der Waals surface area contributed by atoms with Crippen LogP contribution in [0.25, 0.3) is 22.5 Å². The Bertz CT molecular complexity index is 720. The minimum Gasteiger partial charge on any atom is -1.00 e. The van der Waals surface area contributed by atoms with Gasteiger partial charge < -0.3 is 26.9 Å². The zero-order valence-corrected chi connectivity index (χ0v) is 15.9. The van der Waals surface area contributed by atoms with Gasteiger partial charge in [-0.3, -0.25) is 0 Å². The number of aromatic nitrogens is 2. The second-order valence-electron chi connectivity index (χ2n) is 6.63. The molecule has 0 bridgehead atoms. The number of hydrogen-bond acceptors (Lipinski definition) is 1. The molecule has 130 valence electrons. The van der Waals surface area contributed by atoms with Gasteiger partial charge in [0.15, 0.2) is 5.82 Å². The first-order chi connectivity index (χ1) is 11.9. The third-order valence-electron chi connectivity index (χ3n) is 4.84. The van der Waals surface area contributed by atoms with E-state index < -0.39 is 0 Å². The van der Waals surface area contributed by atoms with E-state index in [1.54, 1.807) is 4.90 Å². The summed E-state index contributed by atoms with van der Waals surface area (Å²) in [6, 6.07) is 21.0. The van der Waals surface area contributed by atoms with Gasteiger partial charge in [-0.25, -0.2) is 4.98 Å². The Kier molecular flexibility index (Phi) is 6.05. The van der Waals surface area contributed by atoms with Crippen molar-refractivity contribution in [2.75, 3.05) is 13.1 Å². The predicted octanol–water partition coefficient (Wildman–Crippen LogP) is 0.317. The van der Waals surface area contributed by atoms with Gasteiger partial charge in [-0.1, -0.05) is 60.7 Å². The normalized spacial score (nSPS) is 14.9. The number of rotatable bonds is 4. The molecule has 25 heavy (non-hydrogen) atoms. The van der Waals surface area contributed by atoms with Crippen LogP contribution in [0, 0.1) is 0 Å². The molecule has 0 radical (unpaired) electrons. The smallest absolute Gasteiger partial charge is 0.162 e. The molecule has 0 spiro atoms. The summed E-state index contributed by atoms with van der Waals surface area (Å²) in [4.78, 5) is 10.2. The molecule has 2 heterocycles. The van der Waals surface area contributed by atoms with Crippen molar-refractivity contribution in [2.45, 2.75) is 25.8 Å². The molecule has 4 heteroatoms. The Morgan fingerprint density at radius 2 is 1.40 bits per heavy atom. The van der Waals surface area contributed by atoms with Crippen molar-refractivity contribution < 1.29 is 21.9 Å². The molecule has 1 aliphatic heterocycles. The molecule has 0 saturated carbocycles. The summed E-state index contributed by atoms with van der Waals surface area (Å²) < 4.78 is 0. The molecule has 1 fully saturated rings. The van der Waals surface area contributed by atoms with Crippen LogP contribution >= 0.6 is 0 Å². The van der Waals surface area contributed by atoms with Gasteiger partial charge in [-0.05, 0) is 19.3 Å². The van der Waals surface area contributed by atoms with Crippen molar-refractivity contribution in [1.82, 2.24) is 9.97 Å². The van der Waals surface area contributed by atoms with Crippen LogP contribution in [0.4, 0.5) is 0 Å². The minimum absolute atomic E-state index is 0. The average molecular weight is 398 g/mol. The molecule has 2 aromatic carbocycles. The van der Waals surface area contributed by atoms with E-state index in [1.807, 2.05) is 0 Å². The largest absolute Gasteiger partial charge is 1.00 e. The second kappa shape index (κ2) is 8.45. The van der Waals surface area contributed by atoms with Gasteiger partial charge in [-0.15, -0.1) is 0 Å². The van der Waals surface area contributed by atoms with Crippen molar-refractivity contribution >= 4 is 0 Å². The monoisotopic (exact) mass is 397 g/mol. The number of nitrogens with zero attached hydrogens (tertiary/aromatic N) is 1. The highest BCUT2D eigenvalue weighted by Crippen LogP contribution is 2.29. The Morgan fingerprint density at radius 3 is 2.04 bits per heavy atom. The second-order valence-corrected chi connectivity index (χ2v) is 6.63. The van der Waals surface area contributed by atoms with Crippen molar-refractivity contribution in [3.8, 4) is 22.5 Å². The van der Waals surface area contributed by atoms with E-state index in [2.05, 4.69) is 65.6 Å². The van der Waals surface area contributed by atoms with E-state index in [1.165, 1.54) is 43.5 Å². The van der Waals surface area contributed by atoms with Crippen LogP contribution in [-0.2, 0) is 6.54 Å². The standard InChI is InChI=1S/C21H23N3.BrH/c1-4-10-17(11-5-1)20-21(18-12-6-2-7-13-18)23-19(22-20)16-24-14-8-3-9-15-24;/h1-2,4-7,10-13H,3,8-9,14-16H2,(H,22,23);1H. The third kappa shape index (κ3) is 4.20. The van der Waals surface area contributed by atoms with Crippen LogP contribution in [0.1, 0.15) is 25.1 Å². The van der Waals surface area contributed by atoms with E-state index in [4.69, 9.17) is 4.98 Å². The molecular weight excluding hydrogens is 374 g/mol. The Morgan fingerprint density at radius 1 is 0.800 bits per heavy atom. The fourth-order valence-corrected chi connectivity index (χ4v) is 3.59. The number of quaternary nitrogens is 1. The van der Waals surface area contributed by atoms with Crippen molar-refractivity contribution in [3.63, 3.8) is 0 Å². The number of likely N-dealkylation sites (tertiary alicyclic amines) is 1. The van der Waals surface area contributed by atoms with Gasteiger partial charge in [0, 0.05) is 11.1 Å². The van der Waals surface area contributed by atoms with Gasteiger partial charge in [0.1, 0.15) is 6.54 Å². The summed E-state index contributed by atoms with van der Waals surface area (Å²) >= 11 is 0. The predicted molar refractivity (Wildman–Crippen MR) is 97.7 cm³/mol. The summed E-state index contributed by atoms with van der Waals surface area (Å²) in [7, 11) is 0. The molecular formula is C21H24BrN3. The number of H-pyrrole nitrogens is 1. The fourth-order valence-electron chi connectivity index (χ4n) is 3.59. The molecule has 4 rings (SSSR count). The molecule has 0 amide bonds. The van der Waals surface area contributed by atoms with E-state index in [-0.39, 0.29) is 17.0 Å². The number of piperidine rings is 1. The Hall–Kier alpha value is -1.91. The molecule has 0 aliphatic carbocycles. The molecule has 1 aliphatic rings. The zero-order chi connectivity index (χ0) is 16.2. The maximum absolute atomic E-state index is 4.97. The maximum Gasteiger partial charge on any atom is 0.162 e. The van der Waals surface area contributed by atoms with Crippen molar-refractivity contribution in [1.29, 1.82) is 0 Å². The number of halogens is 1. The van der Waals surface area contributed by atoms with Crippen LogP contribution in [0.15, 0.2) is 60.7 Å². The van der Waals surface area contributed by atoms with Crippen LogP contribution in [-0.4, -0.2) is 23.1 Å². The summed E-state index contributed by atoms with van der Waals surface area (Å²) in [6.07, 6.45) is 4.06. The highest BCUT2D eigenvalue weighted by molar-refractivity contribution is 5.78. The molecule has 1 aromatic heterocycles. The molecule has 1 saturated heterocycles. The Labute approximate surface area is 159 Å². The van der Waals surface area contributed by atoms with Crippen LogP contribution in [0.3, 0.4) is 0 Å². The highest BCUT2D eigenvalue weighted by Gasteiger charge is 2.19. The lowest BCUT2D eigenvalue weighted by molar-refractivity contribution is -0.919. The first-order valence-corrected chi connectivity index (χ1v) is 8.93. The number of aromatic amines is 1. The van der Waals surface area contributed by atoms with Crippen LogP contribution in [0.2, 0.25) is 0 Å². The van der Waals surface area contributed by atoms with E-state index in [9.17, 15) is 0 Å². The third-order valence-corrected chi connectivity index (χ3v) is 4.84. The SMILES string of the molecule is [Br-].c1ccc(-c2nc(C[NH+]3CCCCC3)[nH]c2-c2ccccc2)cc1. The summed E-state index contributed by atoms with van der Waals surface area (Å²) in [5.74, 6) is 1.10. The van der Waals surface area contributed by atoms with Gasteiger partial charge in [0.25, 0.3) is 0 Å². The number of imidazole rings is 1. The Balaban J connectivity index is 0.00000182. The van der Waals surface area contributed by atoms with Crippen LogP contribution < -0.4 is 21.9 Å². The first-order valence-electron chi connectivity index (χ1n) is 8.93. The van der Waals surface area contributed by atoms with Gasteiger partial charge in [0.2, 0.25) is 0 Å². The first kappa shape index (κ1) is 17.9. The number of benzene rings is 2. The van der Waals surface area contributed by atoms with Crippen LogP contribution in [0.5, 0.6) is 0 Å². The fraction of sp³-hybridized carbons (Fsp3) is 0.286.